The van der Waals surface area contributed by atoms with Gasteiger partial charge in [0.25, 0.3) is 0 Å². The number of hydrogen-bond donors (Lipinski definition) is 2. The number of rotatable bonds is 8. The van der Waals surface area contributed by atoms with E-state index in [1.807, 2.05) is 0 Å². The lowest BCUT2D eigenvalue weighted by molar-refractivity contribution is -0.150. The van der Waals surface area contributed by atoms with Crippen LogP contribution < -0.4 is 0 Å². The van der Waals surface area contributed by atoms with Crippen molar-refractivity contribution >= 4 is 19.3 Å². The lowest BCUT2D eigenvalue weighted by atomic mass is 10.3. The van der Waals surface area contributed by atoms with Crippen molar-refractivity contribution in [1.29, 1.82) is 0 Å². The number of ether oxygens (including phenoxy) is 2. The first kappa shape index (κ1) is 17.8. The molecule has 0 aliphatic carbocycles. The van der Waals surface area contributed by atoms with Gasteiger partial charge in [-0.2, -0.15) is 0 Å². The fraction of sp³-hybridized carbons (Fsp3) is 0.636. The molecular weight excluding hydrogens is 275 g/mol. The van der Waals surface area contributed by atoms with Gasteiger partial charge in [-0.1, -0.05) is 6.58 Å². The number of aliphatic hydroxyl groups is 1. The van der Waals surface area contributed by atoms with E-state index in [1.165, 1.54) is 6.92 Å². The third-order valence-electron chi connectivity index (χ3n) is 1.92. The predicted molar refractivity (Wildman–Crippen MR) is 68.0 cm³/mol. The first-order chi connectivity index (χ1) is 8.61. The maximum atomic E-state index is 11.2. The summed E-state index contributed by atoms with van der Waals surface area (Å²) in [4.78, 5) is 31.1. The molecule has 2 atom stereocenters. The maximum absolute atomic E-state index is 11.2. The van der Waals surface area contributed by atoms with Crippen molar-refractivity contribution in [2.45, 2.75) is 19.4 Å². The molecule has 0 saturated heterocycles. The first-order valence-electron chi connectivity index (χ1n) is 5.57. The van der Waals surface area contributed by atoms with Crippen LogP contribution >= 0.6 is 7.37 Å². The van der Waals surface area contributed by atoms with Crippen LogP contribution in [0.25, 0.3) is 0 Å². The summed E-state index contributed by atoms with van der Waals surface area (Å²) in [6.45, 7) is 5.31. The van der Waals surface area contributed by atoms with Crippen molar-refractivity contribution in [2.75, 3.05) is 26.0 Å². The van der Waals surface area contributed by atoms with E-state index in [0.29, 0.717) is 0 Å². The van der Waals surface area contributed by atoms with Crippen LogP contribution in [0.4, 0.5) is 0 Å². The van der Waals surface area contributed by atoms with Crippen molar-refractivity contribution in [3.05, 3.63) is 12.2 Å². The molecule has 0 aromatic carbocycles. The van der Waals surface area contributed by atoms with E-state index in [1.54, 1.807) is 0 Å². The highest BCUT2D eigenvalue weighted by Gasteiger charge is 2.15. The summed E-state index contributed by atoms with van der Waals surface area (Å²) in [7, 11) is -3.25. The number of esters is 2. The molecule has 0 aromatic rings. The summed E-state index contributed by atoms with van der Waals surface area (Å²) >= 11 is 0. The Hall–Kier alpha value is -1.17. The topological polar surface area (TPSA) is 110 Å². The van der Waals surface area contributed by atoms with Crippen LogP contribution in [-0.4, -0.2) is 54.1 Å². The predicted octanol–water partition coefficient (Wildman–Crippen LogP) is 0.300. The molecule has 110 valence electrons. The van der Waals surface area contributed by atoms with Gasteiger partial charge >= 0.3 is 11.9 Å². The van der Waals surface area contributed by atoms with Crippen molar-refractivity contribution in [1.82, 2.24) is 0 Å². The highest BCUT2D eigenvalue weighted by molar-refractivity contribution is 7.57. The molecule has 0 amide bonds. The van der Waals surface area contributed by atoms with Crippen molar-refractivity contribution in [2.24, 2.45) is 0 Å². The quantitative estimate of drug-likeness (QED) is 0.376. The molecule has 0 fully saturated rings. The summed E-state index contributed by atoms with van der Waals surface area (Å²) in [6.07, 6.45) is -1.52. The van der Waals surface area contributed by atoms with Gasteiger partial charge in [-0.15, -0.1) is 0 Å². The number of hydrogen-bond acceptors (Lipinski definition) is 6. The minimum Gasteiger partial charge on any atom is -0.463 e. The van der Waals surface area contributed by atoms with Crippen molar-refractivity contribution < 1.29 is 33.6 Å². The Morgan fingerprint density at radius 3 is 2.32 bits per heavy atom. The van der Waals surface area contributed by atoms with Gasteiger partial charge in [0.2, 0.25) is 0 Å². The SMILES string of the molecule is C=C(C)C(=O)OCC(O)COC(=O)CCP(C)(=O)O. The fourth-order valence-electron chi connectivity index (χ4n) is 0.903. The molecule has 2 unspecified atom stereocenters. The molecule has 0 aliphatic heterocycles. The highest BCUT2D eigenvalue weighted by atomic mass is 31.2. The molecule has 0 aromatic heterocycles. The zero-order valence-corrected chi connectivity index (χ0v) is 11.9. The van der Waals surface area contributed by atoms with Crippen LogP contribution in [0.3, 0.4) is 0 Å². The van der Waals surface area contributed by atoms with Gasteiger partial charge in [0.1, 0.15) is 19.3 Å². The molecule has 7 nitrogen and oxygen atoms in total. The molecular formula is C11H19O7P. The van der Waals surface area contributed by atoms with Gasteiger partial charge in [-0.25, -0.2) is 4.79 Å². The maximum Gasteiger partial charge on any atom is 0.333 e. The molecule has 0 spiro atoms. The van der Waals surface area contributed by atoms with Gasteiger partial charge in [-0.05, 0) is 6.92 Å². The second-order valence-corrected chi connectivity index (χ2v) is 6.79. The Morgan fingerprint density at radius 1 is 1.32 bits per heavy atom. The lowest BCUT2D eigenvalue weighted by Crippen LogP contribution is -2.25. The van der Waals surface area contributed by atoms with Gasteiger partial charge < -0.3 is 19.5 Å². The second-order valence-electron chi connectivity index (χ2n) is 4.24. The average Bonchev–Trinajstić information content (AvgIpc) is 2.29. The summed E-state index contributed by atoms with van der Waals surface area (Å²) in [5, 5.41) is 9.37. The average molecular weight is 294 g/mol. The summed E-state index contributed by atoms with van der Waals surface area (Å²) in [5.74, 6) is -1.33. The Bertz CT molecular complexity index is 385. The van der Waals surface area contributed by atoms with E-state index < -0.39 is 25.4 Å². The number of carbonyl (C=O) groups is 2. The van der Waals surface area contributed by atoms with Crippen LogP contribution in [0.5, 0.6) is 0 Å². The molecule has 0 rings (SSSR count). The van der Waals surface area contributed by atoms with Gasteiger partial charge in [-0.3, -0.25) is 9.36 Å². The van der Waals surface area contributed by atoms with E-state index in [4.69, 9.17) is 4.89 Å². The second kappa shape index (κ2) is 8.09. The van der Waals surface area contributed by atoms with Crippen molar-refractivity contribution in [3.8, 4) is 0 Å². The lowest BCUT2D eigenvalue weighted by Gasteiger charge is -2.12. The van der Waals surface area contributed by atoms with Crippen LogP contribution in [0.1, 0.15) is 13.3 Å². The van der Waals surface area contributed by atoms with E-state index in [0.717, 1.165) is 6.66 Å². The molecule has 0 radical (unpaired) electrons. The van der Waals surface area contributed by atoms with E-state index in [9.17, 15) is 19.3 Å². The smallest absolute Gasteiger partial charge is 0.333 e. The standard InChI is InChI=1S/C11H19O7P/c1-8(2)11(14)18-7-9(12)6-17-10(13)4-5-19(3,15)16/h9,12H,1,4-7H2,2-3H3,(H,15,16). The third kappa shape index (κ3) is 10.4. The molecule has 2 N–H and O–H groups in total. The summed E-state index contributed by atoms with van der Waals surface area (Å²) < 4.78 is 20.2. The molecule has 19 heavy (non-hydrogen) atoms. The van der Waals surface area contributed by atoms with Crippen LogP contribution in [0.2, 0.25) is 0 Å². The third-order valence-corrected chi connectivity index (χ3v) is 2.98. The first-order valence-corrected chi connectivity index (χ1v) is 7.86. The Morgan fingerprint density at radius 2 is 1.84 bits per heavy atom. The van der Waals surface area contributed by atoms with E-state index >= 15 is 0 Å². The van der Waals surface area contributed by atoms with Gasteiger partial charge in [0.15, 0.2) is 7.37 Å². The van der Waals surface area contributed by atoms with Crippen molar-refractivity contribution in [3.63, 3.8) is 0 Å². The van der Waals surface area contributed by atoms with Crippen LogP contribution in [-0.2, 0) is 23.6 Å². The monoisotopic (exact) mass is 294 g/mol. The fourth-order valence-corrected chi connectivity index (χ4v) is 1.50. The number of aliphatic hydroxyl groups excluding tert-OH is 1. The largest absolute Gasteiger partial charge is 0.463 e. The highest BCUT2D eigenvalue weighted by Crippen LogP contribution is 2.35. The molecule has 0 aliphatic rings. The zero-order chi connectivity index (χ0) is 15.1. The Balaban J connectivity index is 3.81. The minimum atomic E-state index is -3.25. The molecule has 8 heteroatoms. The van der Waals surface area contributed by atoms with E-state index in [-0.39, 0.29) is 31.4 Å². The normalized spacial score (nSPS) is 15.2. The van der Waals surface area contributed by atoms with Gasteiger partial charge in [0.05, 0.1) is 6.42 Å². The summed E-state index contributed by atoms with van der Waals surface area (Å²) in [5.41, 5.74) is 0.200. The van der Waals surface area contributed by atoms with Crippen LogP contribution in [0.15, 0.2) is 12.2 Å². The molecule has 0 heterocycles. The molecule has 0 saturated carbocycles. The Kier molecular flexibility index (Phi) is 7.59. The zero-order valence-electron chi connectivity index (χ0n) is 11.0. The Labute approximate surface area is 111 Å². The number of carbonyl (C=O) groups excluding carboxylic acids is 2. The van der Waals surface area contributed by atoms with Gasteiger partial charge in [0, 0.05) is 18.4 Å². The molecule has 0 bridgehead atoms. The summed E-state index contributed by atoms with van der Waals surface area (Å²) in [6, 6.07) is 0. The minimum absolute atomic E-state index is 0.174. The van der Waals surface area contributed by atoms with Crippen LogP contribution in [0, 0.1) is 0 Å². The van der Waals surface area contributed by atoms with E-state index in [2.05, 4.69) is 16.1 Å².